The summed E-state index contributed by atoms with van der Waals surface area (Å²) in [5.41, 5.74) is 3.60. The van der Waals surface area contributed by atoms with Crippen molar-refractivity contribution in [3.05, 3.63) is 63.4 Å². The zero-order chi connectivity index (χ0) is 14.8. The predicted molar refractivity (Wildman–Crippen MR) is 88.4 cm³/mol. The van der Waals surface area contributed by atoms with Crippen LogP contribution in [0.2, 0.25) is 0 Å². The maximum absolute atomic E-state index is 12.4. The van der Waals surface area contributed by atoms with E-state index >= 15 is 0 Å². The molecule has 0 spiro atoms. The second-order valence-corrected chi connectivity index (χ2v) is 6.50. The number of hydrogen-bond donors (Lipinski definition) is 0. The van der Waals surface area contributed by atoms with Gasteiger partial charge in [0.25, 0.3) is 0 Å². The first-order valence-corrected chi connectivity index (χ1v) is 8.15. The molecule has 108 valence electrons. The van der Waals surface area contributed by atoms with Gasteiger partial charge in [0, 0.05) is 17.5 Å². The summed E-state index contributed by atoms with van der Waals surface area (Å²) >= 11 is 1.80. The van der Waals surface area contributed by atoms with E-state index in [0.29, 0.717) is 0 Å². The monoisotopic (exact) mass is 297 g/mol. The average Bonchev–Trinajstić information content (AvgIpc) is 2.96. The number of hydrogen-bond acceptors (Lipinski definition) is 2. The van der Waals surface area contributed by atoms with Crippen LogP contribution < -0.4 is 0 Å². The third-order valence-electron chi connectivity index (χ3n) is 4.06. The molecular formula is C18H19NOS. The van der Waals surface area contributed by atoms with E-state index in [0.717, 1.165) is 18.5 Å². The Morgan fingerprint density at radius 2 is 2.05 bits per heavy atom. The van der Waals surface area contributed by atoms with Gasteiger partial charge in [0.2, 0.25) is 5.91 Å². The molecule has 0 fully saturated rings. The molecule has 0 radical (unpaired) electrons. The largest absolute Gasteiger partial charge is 0.332 e. The van der Waals surface area contributed by atoms with Crippen LogP contribution in [0.25, 0.3) is 6.08 Å². The average molecular weight is 297 g/mol. The molecule has 0 bridgehead atoms. The molecule has 3 rings (SSSR count). The number of thiophene rings is 1. The number of rotatable bonds is 2. The SMILES string of the molecule is Cc1ccc(/C=C/C(=O)N2CCc3sccc3[C@H]2C)cc1. The molecule has 0 saturated carbocycles. The maximum atomic E-state index is 12.4. The van der Waals surface area contributed by atoms with Gasteiger partial charge < -0.3 is 4.90 Å². The summed E-state index contributed by atoms with van der Waals surface area (Å²) in [6.45, 7) is 4.99. The summed E-state index contributed by atoms with van der Waals surface area (Å²) in [5.74, 6) is 0.0972. The minimum Gasteiger partial charge on any atom is -0.332 e. The first kappa shape index (κ1) is 14.1. The lowest BCUT2D eigenvalue weighted by molar-refractivity contribution is -0.128. The Labute approximate surface area is 129 Å². The number of nitrogens with zero attached hydrogens (tertiary/aromatic N) is 1. The molecule has 3 heteroatoms. The van der Waals surface area contributed by atoms with Crippen molar-refractivity contribution in [1.29, 1.82) is 0 Å². The highest BCUT2D eigenvalue weighted by Gasteiger charge is 2.26. The van der Waals surface area contributed by atoms with Crippen LogP contribution in [0.4, 0.5) is 0 Å². The van der Waals surface area contributed by atoms with Crippen molar-refractivity contribution in [1.82, 2.24) is 4.90 Å². The van der Waals surface area contributed by atoms with Gasteiger partial charge in [-0.15, -0.1) is 11.3 Å². The lowest BCUT2D eigenvalue weighted by Crippen LogP contribution is -2.37. The fraction of sp³-hybridized carbons (Fsp3) is 0.278. The van der Waals surface area contributed by atoms with Gasteiger partial charge in [-0.2, -0.15) is 0 Å². The van der Waals surface area contributed by atoms with Crippen molar-refractivity contribution in [2.75, 3.05) is 6.54 Å². The third-order valence-corrected chi connectivity index (χ3v) is 5.05. The Bertz CT molecular complexity index is 669. The second-order valence-electron chi connectivity index (χ2n) is 5.50. The zero-order valence-electron chi connectivity index (χ0n) is 12.4. The fourth-order valence-electron chi connectivity index (χ4n) is 2.75. The summed E-state index contributed by atoms with van der Waals surface area (Å²) in [5, 5.41) is 2.12. The lowest BCUT2D eigenvalue weighted by Gasteiger charge is -2.32. The smallest absolute Gasteiger partial charge is 0.247 e. The normalized spacial score (nSPS) is 18.0. The van der Waals surface area contributed by atoms with E-state index in [4.69, 9.17) is 0 Å². The van der Waals surface area contributed by atoms with Crippen molar-refractivity contribution in [3.63, 3.8) is 0 Å². The minimum atomic E-state index is 0.0972. The van der Waals surface area contributed by atoms with Gasteiger partial charge in [-0.05, 0) is 48.9 Å². The zero-order valence-corrected chi connectivity index (χ0v) is 13.2. The first-order chi connectivity index (χ1) is 10.1. The van der Waals surface area contributed by atoms with E-state index in [1.807, 2.05) is 23.1 Å². The van der Waals surface area contributed by atoms with Gasteiger partial charge in [-0.1, -0.05) is 29.8 Å². The standard InChI is InChI=1S/C18H19NOS/c1-13-3-5-15(6-4-13)7-8-18(20)19-11-9-17-16(14(19)2)10-12-21-17/h3-8,10,12,14H,9,11H2,1-2H3/b8-7+/t14-/m1/s1. The van der Waals surface area contributed by atoms with Gasteiger partial charge in [-0.3, -0.25) is 4.79 Å². The summed E-state index contributed by atoms with van der Waals surface area (Å²) in [6, 6.07) is 10.5. The maximum Gasteiger partial charge on any atom is 0.247 e. The van der Waals surface area contributed by atoms with E-state index in [1.165, 1.54) is 16.0 Å². The van der Waals surface area contributed by atoms with Gasteiger partial charge >= 0.3 is 0 Å². The highest BCUT2D eigenvalue weighted by atomic mass is 32.1. The minimum absolute atomic E-state index is 0.0972. The molecule has 2 aromatic rings. The summed E-state index contributed by atoms with van der Waals surface area (Å²) in [4.78, 5) is 15.8. The molecule has 1 aromatic carbocycles. The Kier molecular flexibility index (Phi) is 3.93. The van der Waals surface area contributed by atoms with Gasteiger partial charge in [0.15, 0.2) is 0 Å². The lowest BCUT2D eigenvalue weighted by atomic mass is 10.0. The molecule has 1 amide bonds. The van der Waals surface area contributed by atoms with Gasteiger partial charge in [-0.25, -0.2) is 0 Å². The molecular weight excluding hydrogens is 278 g/mol. The molecule has 1 aromatic heterocycles. The van der Waals surface area contributed by atoms with E-state index in [2.05, 4.69) is 37.4 Å². The van der Waals surface area contributed by atoms with Crippen LogP contribution in [0, 0.1) is 6.92 Å². The summed E-state index contributed by atoms with van der Waals surface area (Å²) in [7, 11) is 0. The van der Waals surface area contributed by atoms with E-state index < -0.39 is 0 Å². The topological polar surface area (TPSA) is 20.3 Å². The highest BCUT2D eigenvalue weighted by molar-refractivity contribution is 7.10. The third kappa shape index (κ3) is 2.93. The van der Waals surface area contributed by atoms with Gasteiger partial charge in [0.1, 0.15) is 0 Å². The van der Waals surface area contributed by atoms with Crippen LogP contribution >= 0.6 is 11.3 Å². The van der Waals surface area contributed by atoms with Crippen LogP contribution in [0.5, 0.6) is 0 Å². The molecule has 2 nitrogen and oxygen atoms in total. The molecule has 0 N–H and O–H groups in total. The van der Waals surface area contributed by atoms with Crippen molar-refractivity contribution >= 4 is 23.3 Å². The number of fused-ring (bicyclic) bond motifs is 1. The van der Waals surface area contributed by atoms with Crippen molar-refractivity contribution in [3.8, 4) is 0 Å². The number of carbonyl (C=O) groups excluding carboxylic acids is 1. The second kappa shape index (κ2) is 5.86. The van der Waals surface area contributed by atoms with Crippen LogP contribution in [-0.2, 0) is 11.2 Å². The number of amides is 1. The molecule has 21 heavy (non-hydrogen) atoms. The molecule has 1 aliphatic rings. The van der Waals surface area contributed by atoms with E-state index in [1.54, 1.807) is 17.4 Å². The van der Waals surface area contributed by atoms with Crippen LogP contribution in [0.3, 0.4) is 0 Å². The van der Waals surface area contributed by atoms with E-state index in [-0.39, 0.29) is 11.9 Å². The van der Waals surface area contributed by atoms with E-state index in [9.17, 15) is 4.79 Å². The molecule has 1 atom stereocenters. The quantitative estimate of drug-likeness (QED) is 0.760. The molecule has 0 saturated heterocycles. The molecule has 2 heterocycles. The number of aryl methyl sites for hydroxylation is 1. The summed E-state index contributed by atoms with van der Waals surface area (Å²) < 4.78 is 0. The summed E-state index contributed by atoms with van der Waals surface area (Å²) in [6.07, 6.45) is 4.57. The van der Waals surface area contributed by atoms with Gasteiger partial charge in [0.05, 0.1) is 6.04 Å². The number of carbonyl (C=O) groups is 1. The Morgan fingerprint density at radius 3 is 2.81 bits per heavy atom. The fourth-order valence-corrected chi connectivity index (χ4v) is 3.71. The first-order valence-electron chi connectivity index (χ1n) is 7.27. The molecule has 0 unspecified atom stereocenters. The van der Waals surface area contributed by atoms with Crippen LogP contribution in [0.1, 0.15) is 34.5 Å². The van der Waals surface area contributed by atoms with Crippen molar-refractivity contribution < 1.29 is 4.79 Å². The highest BCUT2D eigenvalue weighted by Crippen LogP contribution is 2.32. The Hall–Kier alpha value is -1.87. The molecule has 0 aliphatic carbocycles. The van der Waals surface area contributed by atoms with Crippen LogP contribution in [-0.4, -0.2) is 17.4 Å². The van der Waals surface area contributed by atoms with Crippen molar-refractivity contribution in [2.24, 2.45) is 0 Å². The molecule has 1 aliphatic heterocycles. The number of benzene rings is 1. The Balaban J connectivity index is 1.73. The Morgan fingerprint density at radius 1 is 1.29 bits per heavy atom. The predicted octanol–water partition coefficient (Wildman–Crippen LogP) is 4.22. The van der Waals surface area contributed by atoms with Crippen LogP contribution in [0.15, 0.2) is 41.8 Å². The van der Waals surface area contributed by atoms with Crippen molar-refractivity contribution in [2.45, 2.75) is 26.3 Å².